The third-order valence-electron chi connectivity index (χ3n) is 7.30. The Morgan fingerprint density at radius 2 is 0.711 bits per heavy atom. The van der Waals surface area contributed by atoms with Crippen LogP contribution in [-0.4, -0.2) is 26.3 Å². The molecule has 4 N–H and O–H groups in total. The van der Waals surface area contributed by atoms with Crippen molar-refractivity contribution in [3.8, 4) is 11.5 Å². The molecule has 1 rings (SSSR count). The van der Waals surface area contributed by atoms with E-state index >= 15 is 0 Å². The Bertz CT molecular complexity index is 645. The molecule has 0 aromatic heterocycles. The van der Waals surface area contributed by atoms with Gasteiger partial charge in [0.2, 0.25) is 0 Å². The molecule has 0 saturated heterocycles. The zero-order valence-corrected chi connectivity index (χ0v) is 24.7. The van der Waals surface area contributed by atoms with Gasteiger partial charge < -0.3 is 20.9 Å². The number of rotatable bonds is 28. The van der Waals surface area contributed by atoms with E-state index in [0.29, 0.717) is 0 Å². The van der Waals surface area contributed by atoms with Gasteiger partial charge in [0.25, 0.3) is 0 Å². The molecule has 1 aromatic carbocycles. The van der Waals surface area contributed by atoms with Crippen LogP contribution in [0.15, 0.2) is 25.3 Å². The van der Waals surface area contributed by atoms with Crippen LogP contribution in [0, 0.1) is 0 Å². The maximum atomic E-state index is 6.20. The van der Waals surface area contributed by atoms with Crippen molar-refractivity contribution in [1.29, 1.82) is 0 Å². The largest absolute Gasteiger partial charge is 0.490 e. The predicted molar refractivity (Wildman–Crippen MR) is 168 cm³/mol. The molecule has 0 amide bonds. The summed E-state index contributed by atoms with van der Waals surface area (Å²) in [5.41, 5.74) is 13.2. The van der Waals surface area contributed by atoms with Crippen molar-refractivity contribution in [3.05, 3.63) is 36.4 Å². The van der Waals surface area contributed by atoms with Crippen LogP contribution in [0.4, 0.5) is 0 Å². The third-order valence-corrected chi connectivity index (χ3v) is 7.30. The van der Waals surface area contributed by atoms with Crippen LogP contribution in [0.5, 0.6) is 11.5 Å². The average Bonchev–Trinajstić information content (AvgIpc) is 2.94. The molecule has 4 heteroatoms. The third kappa shape index (κ3) is 17.7. The number of hydrogen-bond acceptors (Lipinski definition) is 4. The van der Waals surface area contributed by atoms with E-state index in [1.54, 1.807) is 0 Å². The lowest BCUT2D eigenvalue weighted by Gasteiger charge is -2.15. The monoisotopic (exact) mass is 528 g/mol. The van der Waals surface area contributed by atoms with Crippen molar-refractivity contribution >= 4 is 12.2 Å². The van der Waals surface area contributed by atoms with E-state index in [4.69, 9.17) is 20.9 Å². The van der Waals surface area contributed by atoms with Gasteiger partial charge in [0.1, 0.15) is 0 Å². The highest BCUT2D eigenvalue weighted by Gasteiger charge is 2.10. The van der Waals surface area contributed by atoms with Crippen molar-refractivity contribution < 1.29 is 9.47 Å². The first-order valence-corrected chi connectivity index (χ1v) is 15.9. The maximum absolute atomic E-state index is 6.20. The second-order valence-corrected chi connectivity index (χ2v) is 10.7. The molecule has 0 aliphatic rings. The number of ether oxygens (including phenoxy) is 2. The molecule has 0 spiro atoms. The van der Waals surface area contributed by atoms with E-state index in [0.717, 1.165) is 61.8 Å². The molecule has 0 unspecified atom stereocenters. The Morgan fingerprint density at radius 1 is 0.447 bits per heavy atom. The van der Waals surface area contributed by atoms with E-state index < -0.39 is 0 Å². The van der Waals surface area contributed by atoms with Crippen LogP contribution in [0.25, 0.3) is 12.2 Å². The lowest BCUT2D eigenvalue weighted by molar-refractivity contribution is 0.258. The summed E-state index contributed by atoms with van der Waals surface area (Å²) in [6, 6.07) is 4.11. The molecule has 218 valence electrons. The van der Waals surface area contributed by atoms with Crippen LogP contribution in [0.2, 0.25) is 0 Å². The van der Waals surface area contributed by atoms with E-state index in [9.17, 15) is 0 Å². The summed E-state index contributed by atoms with van der Waals surface area (Å²) < 4.78 is 12.4. The quantitative estimate of drug-likeness (QED) is 0.106. The second kappa shape index (κ2) is 25.5. The minimum atomic E-state index is 0.728. The minimum absolute atomic E-state index is 0.728. The van der Waals surface area contributed by atoms with Crippen LogP contribution >= 0.6 is 0 Å². The van der Waals surface area contributed by atoms with Crippen molar-refractivity contribution in [3.63, 3.8) is 0 Å². The molecule has 0 atom stereocenters. The van der Waals surface area contributed by atoms with Gasteiger partial charge >= 0.3 is 0 Å². The lowest BCUT2D eigenvalue weighted by Crippen LogP contribution is -2.04. The van der Waals surface area contributed by atoms with Gasteiger partial charge in [-0.3, -0.25) is 0 Å². The Morgan fingerprint density at radius 3 is 0.974 bits per heavy atom. The van der Waals surface area contributed by atoms with Crippen LogP contribution in [0.1, 0.15) is 140 Å². The summed E-state index contributed by atoms with van der Waals surface area (Å²) in [7, 11) is 0. The number of nitrogens with two attached hydrogens (primary N) is 2. The Labute approximate surface area is 235 Å². The molecule has 0 aliphatic carbocycles. The number of hydrogen-bond donors (Lipinski definition) is 2. The van der Waals surface area contributed by atoms with Crippen molar-refractivity contribution in [2.45, 2.75) is 128 Å². The summed E-state index contributed by atoms with van der Waals surface area (Å²) >= 11 is 0. The van der Waals surface area contributed by atoms with Gasteiger partial charge in [-0.15, -0.1) is 0 Å². The number of unbranched alkanes of at least 4 members (excludes halogenated alkanes) is 18. The van der Waals surface area contributed by atoms with Gasteiger partial charge in [-0.25, -0.2) is 0 Å². The fourth-order valence-electron chi connectivity index (χ4n) is 4.86. The zero-order chi connectivity index (χ0) is 27.5. The normalized spacial score (nSPS) is 11.0. The maximum Gasteiger partial charge on any atom is 0.161 e. The molecule has 0 radical (unpaired) electrons. The summed E-state index contributed by atoms with van der Waals surface area (Å²) in [6.45, 7) is 11.0. The molecule has 0 aliphatic heterocycles. The molecule has 0 heterocycles. The van der Waals surface area contributed by atoms with Crippen LogP contribution in [0.3, 0.4) is 0 Å². The highest BCUT2D eigenvalue weighted by atomic mass is 16.5. The molecular formula is C34H60N2O2. The SMILES string of the molecule is C=Cc1cc(OCCCCCCCCCCCCN)c(OCCCCCCCCCCCCN)cc1C=C. The standard InChI is InChI=1S/C34H60N2O2/c1-3-31-29-33(37-27-23-19-15-11-7-5-9-13-17-21-25-35)34(30-32(31)4-2)38-28-24-20-16-12-8-6-10-14-18-22-26-36/h3-4,29-30H,1-2,5-28,35-36H2. The van der Waals surface area contributed by atoms with E-state index in [2.05, 4.69) is 25.3 Å². The van der Waals surface area contributed by atoms with Crippen molar-refractivity contribution in [1.82, 2.24) is 0 Å². The molecule has 1 aromatic rings. The molecule has 0 bridgehead atoms. The molecule has 0 fully saturated rings. The van der Waals surface area contributed by atoms with Gasteiger partial charge in [0.15, 0.2) is 11.5 Å². The first-order chi connectivity index (χ1) is 18.8. The summed E-state index contributed by atoms with van der Waals surface area (Å²) in [4.78, 5) is 0. The Kier molecular flexibility index (Phi) is 23.0. The van der Waals surface area contributed by atoms with E-state index in [1.807, 2.05) is 12.2 Å². The fourth-order valence-corrected chi connectivity index (χ4v) is 4.86. The van der Waals surface area contributed by atoms with Gasteiger partial charge in [-0.1, -0.05) is 128 Å². The highest BCUT2D eigenvalue weighted by Crippen LogP contribution is 2.33. The molecular weight excluding hydrogens is 468 g/mol. The molecule has 0 saturated carbocycles. The summed E-state index contributed by atoms with van der Waals surface area (Å²) in [5, 5.41) is 0. The smallest absolute Gasteiger partial charge is 0.161 e. The van der Waals surface area contributed by atoms with Crippen LogP contribution < -0.4 is 20.9 Å². The van der Waals surface area contributed by atoms with Gasteiger partial charge in [-0.05, 0) is 62.0 Å². The van der Waals surface area contributed by atoms with Gasteiger partial charge in [0.05, 0.1) is 13.2 Å². The van der Waals surface area contributed by atoms with Crippen molar-refractivity contribution in [2.75, 3.05) is 26.3 Å². The second-order valence-electron chi connectivity index (χ2n) is 10.7. The first kappa shape index (κ1) is 34.2. The first-order valence-electron chi connectivity index (χ1n) is 15.9. The topological polar surface area (TPSA) is 70.5 Å². The Balaban J connectivity index is 2.26. The van der Waals surface area contributed by atoms with E-state index in [1.165, 1.54) is 116 Å². The highest BCUT2D eigenvalue weighted by molar-refractivity contribution is 5.68. The summed E-state index contributed by atoms with van der Waals surface area (Å²) in [6.07, 6.45) is 29.3. The van der Waals surface area contributed by atoms with E-state index in [-0.39, 0.29) is 0 Å². The van der Waals surface area contributed by atoms with Crippen LogP contribution in [-0.2, 0) is 0 Å². The average molecular weight is 529 g/mol. The number of benzene rings is 1. The molecule has 4 nitrogen and oxygen atoms in total. The molecule has 38 heavy (non-hydrogen) atoms. The Hall–Kier alpha value is -1.78. The minimum Gasteiger partial charge on any atom is -0.490 e. The fraction of sp³-hybridized carbons (Fsp3) is 0.706. The van der Waals surface area contributed by atoms with Gasteiger partial charge in [0, 0.05) is 0 Å². The zero-order valence-electron chi connectivity index (χ0n) is 24.7. The lowest BCUT2D eigenvalue weighted by atomic mass is 10.1. The van der Waals surface area contributed by atoms with Crippen molar-refractivity contribution in [2.24, 2.45) is 11.5 Å². The predicted octanol–water partition coefficient (Wildman–Crippen LogP) is 9.45. The van der Waals surface area contributed by atoms with Gasteiger partial charge in [-0.2, -0.15) is 0 Å². The summed E-state index contributed by atoms with van der Waals surface area (Å²) in [5.74, 6) is 1.66.